The zero-order valence-corrected chi connectivity index (χ0v) is 17.5. The molecule has 1 aromatic heterocycles. The van der Waals surface area contributed by atoms with Gasteiger partial charge in [-0.05, 0) is 72.3 Å². The van der Waals surface area contributed by atoms with Gasteiger partial charge in [-0.3, -0.25) is 4.68 Å². The Morgan fingerprint density at radius 2 is 1.97 bits per heavy atom. The number of hydrogen-bond acceptors (Lipinski definition) is 3. The number of rotatable bonds is 3. The van der Waals surface area contributed by atoms with Crippen LogP contribution >= 0.6 is 11.6 Å². The minimum Gasteiger partial charge on any atom is -0.341 e. The largest absolute Gasteiger partial charge is 0.341 e. The Hall–Kier alpha value is -2.44. The van der Waals surface area contributed by atoms with Gasteiger partial charge in [0.15, 0.2) is 0 Å². The number of nitrogens with one attached hydrogen (secondary N) is 1. The van der Waals surface area contributed by atoms with E-state index in [1.807, 2.05) is 18.2 Å². The predicted octanol–water partition coefficient (Wildman–Crippen LogP) is 5.41. The highest BCUT2D eigenvalue weighted by Gasteiger charge is 2.27. The van der Waals surface area contributed by atoms with Crippen LogP contribution in [-0.2, 0) is 26.4 Å². The molecule has 3 aromatic rings. The Kier molecular flexibility index (Phi) is 4.99. The van der Waals surface area contributed by atoms with E-state index >= 15 is 0 Å². The molecule has 156 valence electrons. The summed E-state index contributed by atoms with van der Waals surface area (Å²) in [5.74, 6) is 0. The first-order chi connectivity index (χ1) is 14.5. The number of fused-ring (bicyclic) bond motifs is 2. The van der Waals surface area contributed by atoms with Gasteiger partial charge >= 0.3 is 0 Å². The second-order valence-electron chi connectivity index (χ2n) is 8.02. The van der Waals surface area contributed by atoms with Crippen LogP contribution in [0.4, 0.5) is 20.2 Å². The minimum atomic E-state index is -2.57. The van der Waals surface area contributed by atoms with Crippen LogP contribution in [0.1, 0.15) is 35.1 Å². The zero-order chi connectivity index (χ0) is 20.8. The topological polar surface area (TPSA) is 33.1 Å². The summed E-state index contributed by atoms with van der Waals surface area (Å²) in [6.45, 7) is 2.48. The van der Waals surface area contributed by atoms with Crippen molar-refractivity contribution in [2.75, 3.05) is 18.0 Å². The molecule has 0 bridgehead atoms. The van der Waals surface area contributed by atoms with E-state index in [9.17, 15) is 8.78 Å². The molecule has 2 aliphatic rings. The summed E-state index contributed by atoms with van der Waals surface area (Å²) in [5, 5.41) is 8.29. The Morgan fingerprint density at radius 3 is 2.73 bits per heavy atom. The first kappa shape index (κ1) is 19.5. The zero-order valence-electron chi connectivity index (χ0n) is 16.8. The molecule has 0 radical (unpaired) electrons. The summed E-state index contributed by atoms with van der Waals surface area (Å²) in [5.41, 5.74) is 6.76. The molecule has 0 unspecified atom stereocenters. The second-order valence-corrected chi connectivity index (χ2v) is 8.45. The highest BCUT2D eigenvalue weighted by atomic mass is 35.5. The molecule has 3 heterocycles. The van der Waals surface area contributed by atoms with E-state index in [4.69, 9.17) is 11.6 Å². The van der Waals surface area contributed by atoms with E-state index in [0.29, 0.717) is 10.6 Å². The Bertz CT molecular complexity index is 1110. The van der Waals surface area contributed by atoms with Crippen LogP contribution in [0, 0.1) is 0 Å². The van der Waals surface area contributed by atoms with Crippen molar-refractivity contribution in [2.24, 2.45) is 7.05 Å². The van der Waals surface area contributed by atoms with Crippen molar-refractivity contribution in [3.63, 3.8) is 0 Å². The number of nitrogens with zero attached hydrogens (tertiary/aromatic N) is 3. The van der Waals surface area contributed by atoms with Gasteiger partial charge in [0.25, 0.3) is 6.43 Å². The molecule has 7 heteroatoms. The van der Waals surface area contributed by atoms with E-state index in [2.05, 4.69) is 15.3 Å². The molecule has 1 N–H and O–H groups in total. The van der Waals surface area contributed by atoms with Crippen LogP contribution < -0.4 is 10.2 Å². The van der Waals surface area contributed by atoms with E-state index in [0.717, 1.165) is 61.4 Å². The van der Waals surface area contributed by atoms with Crippen molar-refractivity contribution >= 4 is 23.0 Å². The molecule has 4 nitrogen and oxygen atoms in total. The van der Waals surface area contributed by atoms with Gasteiger partial charge in [0.05, 0.1) is 6.20 Å². The van der Waals surface area contributed by atoms with E-state index < -0.39 is 6.43 Å². The maximum absolute atomic E-state index is 14.1. The monoisotopic (exact) mass is 428 g/mol. The highest BCUT2D eigenvalue weighted by Crippen LogP contribution is 2.43. The number of aryl methyl sites for hydroxylation is 2. The summed E-state index contributed by atoms with van der Waals surface area (Å²) in [7, 11) is 1.79. The normalized spacial score (nSPS) is 16.0. The maximum Gasteiger partial charge on any atom is 0.264 e. The smallest absolute Gasteiger partial charge is 0.264 e. The van der Waals surface area contributed by atoms with Crippen molar-refractivity contribution in [1.29, 1.82) is 0 Å². The standard InChI is InChI=1S/C23H23ClF2N4/c1-29-13-16(11-28-29)18-8-15-3-2-6-30(21(15)10-19(18)23(25)26)22-9-17(24)7-14-4-5-27-12-20(14)22/h7-11,13,23,27H,2-6,12H2,1H3. The number of benzene rings is 2. The lowest BCUT2D eigenvalue weighted by atomic mass is 9.91. The van der Waals surface area contributed by atoms with E-state index in [1.54, 1.807) is 30.2 Å². The molecule has 0 fully saturated rings. The molecule has 0 spiro atoms. The van der Waals surface area contributed by atoms with Gasteiger partial charge in [0.1, 0.15) is 0 Å². The summed E-state index contributed by atoms with van der Waals surface area (Å²) in [6, 6.07) is 7.60. The first-order valence-corrected chi connectivity index (χ1v) is 10.6. The van der Waals surface area contributed by atoms with E-state index in [1.165, 1.54) is 11.1 Å². The first-order valence-electron chi connectivity index (χ1n) is 10.2. The van der Waals surface area contributed by atoms with Crippen LogP contribution in [-0.4, -0.2) is 22.9 Å². The Balaban J connectivity index is 1.67. The molecule has 0 saturated carbocycles. The third-order valence-corrected chi connectivity index (χ3v) is 6.29. The van der Waals surface area contributed by atoms with Crippen molar-refractivity contribution in [1.82, 2.24) is 15.1 Å². The molecule has 5 rings (SSSR count). The molecular weight excluding hydrogens is 406 g/mol. The third-order valence-electron chi connectivity index (χ3n) is 6.07. The van der Waals surface area contributed by atoms with Crippen LogP contribution in [0.5, 0.6) is 0 Å². The van der Waals surface area contributed by atoms with Crippen molar-refractivity contribution < 1.29 is 8.78 Å². The average molecular weight is 429 g/mol. The van der Waals surface area contributed by atoms with Crippen molar-refractivity contribution in [3.05, 3.63) is 63.9 Å². The number of alkyl halides is 2. The quantitative estimate of drug-likeness (QED) is 0.605. The second kappa shape index (κ2) is 7.67. The third kappa shape index (κ3) is 3.38. The van der Waals surface area contributed by atoms with E-state index in [-0.39, 0.29) is 5.56 Å². The lowest BCUT2D eigenvalue weighted by molar-refractivity contribution is 0.152. The molecule has 0 saturated heterocycles. The van der Waals surface area contributed by atoms with Gasteiger partial charge in [-0.25, -0.2) is 8.78 Å². The van der Waals surface area contributed by atoms with Crippen LogP contribution in [0.15, 0.2) is 36.7 Å². The van der Waals surface area contributed by atoms with Gasteiger partial charge in [0, 0.05) is 53.9 Å². The van der Waals surface area contributed by atoms with Gasteiger partial charge in [-0.15, -0.1) is 0 Å². The lowest BCUT2D eigenvalue weighted by Gasteiger charge is -2.35. The molecule has 0 atom stereocenters. The Labute approximate surface area is 179 Å². The summed E-state index contributed by atoms with van der Waals surface area (Å²) in [6.07, 6.45) is 3.61. The minimum absolute atomic E-state index is 0.0441. The fourth-order valence-electron chi connectivity index (χ4n) is 4.67. The maximum atomic E-state index is 14.1. The fraction of sp³-hybridized carbons (Fsp3) is 0.348. The molecule has 2 aliphatic heterocycles. The summed E-state index contributed by atoms with van der Waals surface area (Å²) >= 11 is 6.44. The fourth-order valence-corrected chi connectivity index (χ4v) is 4.91. The molecule has 0 amide bonds. The number of hydrogen-bond donors (Lipinski definition) is 1. The van der Waals surface area contributed by atoms with Gasteiger partial charge in [0.2, 0.25) is 0 Å². The number of halogens is 3. The van der Waals surface area contributed by atoms with Crippen molar-refractivity contribution in [3.8, 4) is 11.1 Å². The van der Waals surface area contributed by atoms with Gasteiger partial charge in [-0.2, -0.15) is 5.10 Å². The highest BCUT2D eigenvalue weighted by molar-refractivity contribution is 6.31. The molecule has 2 aromatic carbocycles. The van der Waals surface area contributed by atoms with Crippen LogP contribution in [0.2, 0.25) is 5.02 Å². The summed E-state index contributed by atoms with van der Waals surface area (Å²) < 4.78 is 29.8. The van der Waals surface area contributed by atoms with Gasteiger partial charge in [-0.1, -0.05) is 11.6 Å². The predicted molar refractivity (Wildman–Crippen MR) is 116 cm³/mol. The Morgan fingerprint density at radius 1 is 1.10 bits per heavy atom. The average Bonchev–Trinajstić information content (AvgIpc) is 3.17. The van der Waals surface area contributed by atoms with Crippen LogP contribution in [0.3, 0.4) is 0 Å². The van der Waals surface area contributed by atoms with Crippen LogP contribution in [0.25, 0.3) is 11.1 Å². The molecule has 30 heavy (non-hydrogen) atoms. The van der Waals surface area contributed by atoms with Gasteiger partial charge < -0.3 is 10.2 Å². The van der Waals surface area contributed by atoms with Crippen molar-refractivity contribution in [2.45, 2.75) is 32.2 Å². The molecule has 0 aliphatic carbocycles. The number of anilines is 2. The number of aromatic nitrogens is 2. The SMILES string of the molecule is Cn1cc(-c2cc3c(cc2C(F)F)N(c2cc(Cl)cc4c2CNCC4)CCC3)cn1. The molecular formula is C23H23ClF2N4. The lowest BCUT2D eigenvalue weighted by Crippen LogP contribution is -2.30. The summed E-state index contributed by atoms with van der Waals surface area (Å²) in [4.78, 5) is 2.18.